The summed E-state index contributed by atoms with van der Waals surface area (Å²) in [6, 6.07) is 8.64. The maximum absolute atomic E-state index is 5.21. The molecule has 2 N–H and O–H groups in total. The van der Waals surface area contributed by atoms with Gasteiger partial charge in [-0.05, 0) is 50.7 Å². The molecule has 118 valence electrons. The topological polar surface area (TPSA) is 53.2 Å². The molecule has 22 heavy (non-hydrogen) atoms. The van der Waals surface area contributed by atoms with E-state index in [9.17, 15) is 0 Å². The normalized spacial score (nSPS) is 19.3. The predicted octanol–water partition coefficient (Wildman–Crippen LogP) is 2.27. The lowest BCUT2D eigenvalue weighted by atomic mass is 10.0. The first-order valence-corrected chi connectivity index (χ1v) is 7.85. The van der Waals surface area contributed by atoms with Crippen molar-refractivity contribution in [1.82, 2.24) is 20.4 Å². The van der Waals surface area contributed by atoms with Crippen molar-refractivity contribution in [2.45, 2.75) is 25.4 Å². The molecule has 0 amide bonds. The molecule has 1 aromatic carbocycles. The minimum atomic E-state index is 0.567. The van der Waals surface area contributed by atoms with Crippen LogP contribution in [-0.4, -0.2) is 48.4 Å². The van der Waals surface area contributed by atoms with E-state index in [0.717, 1.165) is 30.1 Å². The molecule has 1 aliphatic heterocycles. The number of H-pyrrole nitrogens is 1. The van der Waals surface area contributed by atoms with Gasteiger partial charge in [-0.3, -0.25) is 5.10 Å². The lowest BCUT2D eigenvalue weighted by Gasteiger charge is -2.30. The van der Waals surface area contributed by atoms with Crippen molar-refractivity contribution >= 4 is 0 Å². The highest BCUT2D eigenvalue weighted by atomic mass is 16.5. The zero-order valence-corrected chi connectivity index (χ0v) is 13.3. The number of rotatable bonds is 5. The second-order valence-electron chi connectivity index (χ2n) is 5.98. The van der Waals surface area contributed by atoms with Gasteiger partial charge >= 0.3 is 0 Å². The van der Waals surface area contributed by atoms with E-state index in [0.29, 0.717) is 6.04 Å². The zero-order valence-electron chi connectivity index (χ0n) is 13.3. The number of ether oxygens (including phenoxy) is 1. The fourth-order valence-corrected chi connectivity index (χ4v) is 3.04. The summed E-state index contributed by atoms with van der Waals surface area (Å²) >= 11 is 0. The van der Waals surface area contributed by atoms with Crippen LogP contribution in [0.1, 0.15) is 18.4 Å². The van der Waals surface area contributed by atoms with Crippen molar-refractivity contribution in [2.75, 3.05) is 27.2 Å². The highest BCUT2D eigenvalue weighted by Gasteiger charge is 2.17. The van der Waals surface area contributed by atoms with Crippen LogP contribution in [0.4, 0.5) is 0 Å². The highest BCUT2D eigenvalue weighted by molar-refractivity contribution is 5.63. The second-order valence-corrected chi connectivity index (χ2v) is 5.98. The Morgan fingerprint density at radius 1 is 1.36 bits per heavy atom. The molecule has 2 aromatic rings. The molecule has 2 heterocycles. The molecular formula is C17H24N4O. The van der Waals surface area contributed by atoms with E-state index in [1.807, 2.05) is 18.3 Å². The fraction of sp³-hybridized carbons (Fsp3) is 0.471. The van der Waals surface area contributed by atoms with Gasteiger partial charge in [0.1, 0.15) is 5.75 Å². The molecule has 1 atom stereocenters. The average Bonchev–Trinajstić information content (AvgIpc) is 3.01. The minimum Gasteiger partial charge on any atom is -0.497 e. The first-order chi connectivity index (χ1) is 10.8. The lowest BCUT2D eigenvalue weighted by molar-refractivity contribution is 0.226. The third-order valence-corrected chi connectivity index (χ3v) is 4.30. The Balaban J connectivity index is 1.66. The number of aromatic amines is 1. The van der Waals surface area contributed by atoms with Crippen molar-refractivity contribution in [3.8, 4) is 17.0 Å². The molecule has 0 unspecified atom stereocenters. The Bertz CT molecular complexity index is 593. The Kier molecular flexibility index (Phi) is 4.75. The maximum Gasteiger partial charge on any atom is 0.118 e. The molecule has 3 rings (SSSR count). The number of hydrogen-bond donors (Lipinski definition) is 2. The summed E-state index contributed by atoms with van der Waals surface area (Å²) in [7, 11) is 3.87. The molecule has 0 bridgehead atoms. The summed E-state index contributed by atoms with van der Waals surface area (Å²) in [4.78, 5) is 2.39. The van der Waals surface area contributed by atoms with Crippen LogP contribution in [0.5, 0.6) is 5.75 Å². The van der Waals surface area contributed by atoms with Crippen molar-refractivity contribution < 1.29 is 4.74 Å². The van der Waals surface area contributed by atoms with Crippen molar-refractivity contribution in [3.63, 3.8) is 0 Å². The molecule has 5 nitrogen and oxygen atoms in total. The van der Waals surface area contributed by atoms with E-state index in [-0.39, 0.29) is 0 Å². The van der Waals surface area contributed by atoms with Crippen LogP contribution < -0.4 is 10.1 Å². The van der Waals surface area contributed by atoms with Gasteiger partial charge in [0.25, 0.3) is 0 Å². The molecule has 5 heteroatoms. The fourth-order valence-electron chi connectivity index (χ4n) is 3.04. The van der Waals surface area contributed by atoms with Gasteiger partial charge in [-0.25, -0.2) is 0 Å². The summed E-state index contributed by atoms with van der Waals surface area (Å²) < 4.78 is 5.21. The number of nitrogens with one attached hydrogen (secondary N) is 2. The summed E-state index contributed by atoms with van der Waals surface area (Å²) in [6.07, 6.45) is 4.43. The largest absolute Gasteiger partial charge is 0.497 e. The van der Waals surface area contributed by atoms with Gasteiger partial charge in [-0.15, -0.1) is 0 Å². The summed E-state index contributed by atoms with van der Waals surface area (Å²) in [5.41, 5.74) is 3.42. The molecular weight excluding hydrogens is 276 g/mol. The Morgan fingerprint density at radius 2 is 2.18 bits per heavy atom. The van der Waals surface area contributed by atoms with E-state index in [2.05, 4.69) is 39.6 Å². The van der Waals surface area contributed by atoms with Crippen LogP contribution in [0.2, 0.25) is 0 Å². The van der Waals surface area contributed by atoms with Gasteiger partial charge in [0.15, 0.2) is 0 Å². The van der Waals surface area contributed by atoms with Gasteiger partial charge in [0, 0.05) is 30.3 Å². The van der Waals surface area contributed by atoms with E-state index in [4.69, 9.17) is 4.74 Å². The van der Waals surface area contributed by atoms with Crippen molar-refractivity contribution in [1.29, 1.82) is 0 Å². The van der Waals surface area contributed by atoms with E-state index in [1.165, 1.54) is 24.9 Å². The third kappa shape index (κ3) is 3.48. The number of hydrogen-bond acceptors (Lipinski definition) is 4. The number of benzene rings is 1. The van der Waals surface area contributed by atoms with Crippen LogP contribution in [-0.2, 0) is 6.54 Å². The SMILES string of the molecule is COc1ccc(-c2[nH]ncc2CN[C@@H]2CCCN(C)C2)cc1. The summed E-state index contributed by atoms with van der Waals surface area (Å²) in [5, 5.41) is 11.0. The standard InChI is InChI=1S/C17H24N4O/c1-21-9-3-4-15(12-21)18-10-14-11-19-20-17(14)13-5-7-16(22-2)8-6-13/h5-8,11,15,18H,3-4,9-10,12H2,1-2H3,(H,19,20)/t15-/m1/s1. The Labute approximate surface area is 131 Å². The lowest BCUT2D eigenvalue weighted by Crippen LogP contribution is -2.43. The van der Waals surface area contributed by atoms with Gasteiger partial charge in [-0.1, -0.05) is 0 Å². The first-order valence-electron chi connectivity index (χ1n) is 7.85. The zero-order chi connectivity index (χ0) is 15.4. The molecule has 0 spiro atoms. The maximum atomic E-state index is 5.21. The minimum absolute atomic E-state index is 0.567. The quantitative estimate of drug-likeness (QED) is 0.889. The van der Waals surface area contributed by atoms with Crippen LogP contribution in [0.15, 0.2) is 30.5 Å². The van der Waals surface area contributed by atoms with Gasteiger partial charge < -0.3 is 15.0 Å². The second kappa shape index (κ2) is 6.94. The van der Waals surface area contributed by atoms with Crippen LogP contribution in [0.3, 0.4) is 0 Å². The number of aromatic nitrogens is 2. The smallest absolute Gasteiger partial charge is 0.118 e. The molecule has 1 aliphatic rings. The van der Waals surface area contributed by atoms with Gasteiger partial charge in [0.2, 0.25) is 0 Å². The number of piperidine rings is 1. The Hall–Kier alpha value is -1.85. The molecule has 1 fully saturated rings. The number of methoxy groups -OCH3 is 1. The monoisotopic (exact) mass is 300 g/mol. The number of likely N-dealkylation sites (tertiary alicyclic amines) is 1. The van der Waals surface area contributed by atoms with E-state index < -0.39 is 0 Å². The molecule has 0 aliphatic carbocycles. The van der Waals surface area contributed by atoms with Crippen molar-refractivity contribution in [2.24, 2.45) is 0 Å². The van der Waals surface area contributed by atoms with Gasteiger partial charge in [-0.2, -0.15) is 5.10 Å². The molecule has 0 radical (unpaired) electrons. The molecule has 1 saturated heterocycles. The average molecular weight is 300 g/mol. The Morgan fingerprint density at radius 3 is 2.91 bits per heavy atom. The predicted molar refractivity (Wildman–Crippen MR) is 87.9 cm³/mol. The van der Waals surface area contributed by atoms with Crippen LogP contribution in [0, 0.1) is 0 Å². The van der Waals surface area contributed by atoms with Gasteiger partial charge in [0.05, 0.1) is 19.0 Å². The van der Waals surface area contributed by atoms with Crippen LogP contribution in [0.25, 0.3) is 11.3 Å². The van der Waals surface area contributed by atoms with Crippen LogP contribution >= 0.6 is 0 Å². The van der Waals surface area contributed by atoms with E-state index >= 15 is 0 Å². The summed E-state index contributed by atoms with van der Waals surface area (Å²) in [5.74, 6) is 0.869. The van der Waals surface area contributed by atoms with Crippen molar-refractivity contribution in [3.05, 3.63) is 36.0 Å². The van der Waals surface area contributed by atoms with E-state index in [1.54, 1.807) is 7.11 Å². The number of likely N-dealkylation sites (N-methyl/N-ethyl adjacent to an activating group) is 1. The third-order valence-electron chi connectivity index (χ3n) is 4.30. The molecule has 0 saturated carbocycles. The highest BCUT2D eigenvalue weighted by Crippen LogP contribution is 2.23. The number of nitrogens with zero attached hydrogens (tertiary/aromatic N) is 2. The molecule has 1 aromatic heterocycles. The summed E-state index contributed by atoms with van der Waals surface area (Å²) in [6.45, 7) is 3.17. The first kappa shape index (κ1) is 15.1.